The zero-order valence-corrected chi connectivity index (χ0v) is 13.3. The van der Waals surface area contributed by atoms with Crippen LogP contribution in [0, 0.1) is 5.92 Å². The van der Waals surface area contributed by atoms with Crippen LogP contribution in [-0.4, -0.2) is 36.2 Å². The van der Waals surface area contributed by atoms with Crippen LogP contribution in [0.5, 0.6) is 5.75 Å². The normalized spacial score (nSPS) is 18.7. The highest BCUT2D eigenvalue weighted by molar-refractivity contribution is 9.10. The van der Waals surface area contributed by atoms with Crippen LogP contribution in [0.4, 0.5) is 0 Å². The molecule has 0 radical (unpaired) electrons. The molecule has 19 heavy (non-hydrogen) atoms. The summed E-state index contributed by atoms with van der Waals surface area (Å²) in [5.41, 5.74) is 1.05. The van der Waals surface area contributed by atoms with E-state index in [1.54, 1.807) is 6.07 Å². The second-order valence-corrected chi connectivity index (χ2v) is 6.55. The highest BCUT2D eigenvalue weighted by Crippen LogP contribution is 2.35. The van der Waals surface area contributed by atoms with Crippen LogP contribution in [0.25, 0.3) is 0 Å². The van der Waals surface area contributed by atoms with Gasteiger partial charge < -0.3 is 10.4 Å². The predicted octanol–water partition coefficient (Wildman–Crippen LogP) is 3.15. The molecule has 1 aliphatic rings. The van der Waals surface area contributed by atoms with Crippen molar-refractivity contribution >= 4 is 15.9 Å². The number of halogens is 1. The minimum Gasteiger partial charge on any atom is -0.508 e. The quantitative estimate of drug-likeness (QED) is 0.892. The van der Waals surface area contributed by atoms with Gasteiger partial charge in [0.15, 0.2) is 0 Å². The lowest BCUT2D eigenvalue weighted by Gasteiger charge is -2.36. The number of benzene rings is 1. The van der Waals surface area contributed by atoms with Gasteiger partial charge in [-0.2, -0.15) is 0 Å². The lowest BCUT2D eigenvalue weighted by molar-refractivity contribution is 0.151. The molecule has 2 rings (SSSR count). The molecule has 1 saturated heterocycles. The SMILES string of the molecule is CC(C)C[C@H](c1cc(Br)ccc1O)N1CCNCC1. The first-order valence-corrected chi connectivity index (χ1v) is 7.80. The smallest absolute Gasteiger partial charge is 0.120 e. The van der Waals surface area contributed by atoms with Crippen molar-refractivity contribution < 1.29 is 5.11 Å². The van der Waals surface area contributed by atoms with E-state index in [0.29, 0.717) is 17.7 Å². The van der Waals surface area contributed by atoms with Gasteiger partial charge in [-0.1, -0.05) is 29.8 Å². The van der Waals surface area contributed by atoms with Crippen LogP contribution in [0.1, 0.15) is 31.9 Å². The molecular formula is C15H23BrN2O. The molecule has 1 heterocycles. The van der Waals surface area contributed by atoms with Gasteiger partial charge in [-0.25, -0.2) is 0 Å². The van der Waals surface area contributed by atoms with Gasteiger partial charge in [-0.15, -0.1) is 0 Å². The molecule has 0 aromatic heterocycles. The number of hydrogen-bond acceptors (Lipinski definition) is 3. The van der Waals surface area contributed by atoms with Gasteiger partial charge in [0.25, 0.3) is 0 Å². The molecule has 1 aromatic carbocycles. The van der Waals surface area contributed by atoms with Crippen molar-refractivity contribution in [2.45, 2.75) is 26.3 Å². The summed E-state index contributed by atoms with van der Waals surface area (Å²) in [6, 6.07) is 6.04. The summed E-state index contributed by atoms with van der Waals surface area (Å²) in [4.78, 5) is 2.48. The maximum atomic E-state index is 10.2. The fourth-order valence-corrected chi connectivity index (χ4v) is 3.08. The molecule has 106 valence electrons. The Morgan fingerprint density at radius 3 is 2.63 bits per heavy atom. The van der Waals surface area contributed by atoms with Gasteiger partial charge in [0.2, 0.25) is 0 Å². The average molecular weight is 327 g/mol. The fourth-order valence-electron chi connectivity index (χ4n) is 2.71. The van der Waals surface area contributed by atoms with Gasteiger partial charge in [-0.3, -0.25) is 4.90 Å². The van der Waals surface area contributed by atoms with Crippen molar-refractivity contribution in [2.24, 2.45) is 5.92 Å². The summed E-state index contributed by atoms with van der Waals surface area (Å²) in [7, 11) is 0. The van der Waals surface area contributed by atoms with Gasteiger partial charge in [0, 0.05) is 42.3 Å². The van der Waals surface area contributed by atoms with Crippen LogP contribution in [0.3, 0.4) is 0 Å². The summed E-state index contributed by atoms with van der Waals surface area (Å²) < 4.78 is 1.03. The topological polar surface area (TPSA) is 35.5 Å². The second kappa shape index (κ2) is 6.73. The molecule has 2 N–H and O–H groups in total. The van der Waals surface area contributed by atoms with E-state index in [4.69, 9.17) is 0 Å². The van der Waals surface area contributed by atoms with Crippen LogP contribution in [-0.2, 0) is 0 Å². The van der Waals surface area contributed by atoms with E-state index in [-0.39, 0.29) is 0 Å². The van der Waals surface area contributed by atoms with Crippen molar-refractivity contribution in [3.8, 4) is 5.75 Å². The van der Waals surface area contributed by atoms with Crippen LogP contribution < -0.4 is 5.32 Å². The molecule has 1 atom stereocenters. The molecule has 0 unspecified atom stereocenters. The average Bonchev–Trinajstić information content (AvgIpc) is 2.40. The van der Waals surface area contributed by atoms with Crippen LogP contribution in [0.15, 0.2) is 22.7 Å². The van der Waals surface area contributed by atoms with E-state index in [1.807, 2.05) is 6.07 Å². The summed E-state index contributed by atoms with van der Waals surface area (Å²) in [5, 5.41) is 13.6. The maximum Gasteiger partial charge on any atom is 0.120 e. The van der Waals surface area contributed by atoms with Crippen molar-refractivity contribution in [3.05, 3.63) is 28.2 Å². The number of nitrogens with one attached hydrogen (secondary N) is 1. The van der Waals surface area contributed by atoms with E-state index >= 15 is 0 Å². The Hall–Kier alpha value is -0.580. The number of hydrogen-bond donors (Lipinski definition) is 2. The van der Waals surface area contributed by atoms with E-state index < -0.39 is 0 Å². The number of phenolic OH excluding ortho intramolecular Hbond substituents is 1. The first-order valence-electron chi connectivity index (χ1n) is 7.01. The number of phenols is 1. The third kappa shape index (κ3) is 3.94. The van der Waals surface area contributed by atoms with E-state index in [2.05, 4.69) is 46.1 Å². The zero-order valence-electron chi connectivity index (χ0n) is 11.7. The van der Waals surface area contributed by atoms with Crippen molar-refractivity contribution in [3.63, 3.8) is 0 Å². The molecule has 0 bridgehead atoms. The summed E-state index contributed by atoms with van der Waals surface area (Å²) >= 11 is 3.51. The summed E-state index contributed by atoms with van der Waals surface area (Å²) in [6.45, 7) is 8.63. The van der Waals surface area contributed by atoms with Gasteiger partial charge in [0.05, 0.1) is 0 Å². The molecule has 0 spiro atoms. The Labute approximate surface area is 124 Å². The molecule has 1 aromatic rings. The maximum absolute atomic E-state index is 10.2. The van der Waals surface area contributed by atoms with Crippen LogP contribution in [0.2, 0.25) is 0 Å². The molecular weight excluding hydrogens is 304 g/mol. The van der Waals surface area contributed by atoms with Crippen molar-refractivity contribution in [2.75, 3.05) is 26.2 Å². The Morgan fingerprint density at radius 2 is 2.00 bits per heavy atom. The first kappa shape index (κ1) is 14.8. The predicted molar refractivity (Wildman–Crippen MR) is 82.4 cm³/mol. The van der Waals surface area contributed by atoms with Crippen molar-refractivity contribution in [1.29, 1.82) is 0 Å². The molecule has 3 nitrogen and oxygen atoms in total. The van der Waals surface area contributed by atoms with Crippen molar-refractivity contribution in [1.82, 2.24) is 10.2 Å². The Morgan fingerprint density at radius 1 is 1.32 bits per heavy atom. The molecule has 0 amide bonds. The Balaban J connectivity index is 2.27. The monoisotopic (exact) mass is 326 g/mol. The standard InChI is InChI=1S/C15H23BrN2O/c1-11(2)9-14(18-7-5-17-6-8-18)13-10-12(16)3-4-15(13)19/h3-4,10-11,14,17,19H,5-9H2,1-2H3/t14-/m1/s1. The van der Waals surface area contributed by atoms with E-state index in [9.17, 15) is 5.11 Å². The molecule has 1 aliphatic heterocycles. The first-order chi connectivity index (χ1) is 9.08. The molecule has 4 heteroatoms. The summed E-state index contributed by atoms with van der Waals surface area (Å²) in [5.74, 6) is 1.02. The van der Waals surface area contributed by atoms with E-state index in [1.165, 1.54) is 0 Å². The van der Waals surface area contributed by atoms with Gasteiger partial charge in [0.1, 0.15) is 5.75 Å². The third-order valence-electron chi connectivity index (χ3n) is 3.64. The number of nitrogens with zero attached hydrogens (tertiary/aromatic N) is 1. The minimum absolute atomic E-state index is 0.305. The Kier molecular flexibility index (Phi) is 5.25. The summed E-state index contributed by atoms with van der Waals surface area (Å²) in [6.07, 6.45) is 1.07. The van der Waals surface area contributed by atoms with Crippen LogP contribution >= 0.6 is 15.9 Å². The largest absolute Gasteiger partial charge is 0.508 e. The number of piperazine rings is 1. The number of rotatable bonds is 4. The zero-order chi connectivity index (χ0) is 13.8. The second-order valence-electron chi connectivity index (χ2n) is 5.63. The highest BCUT2D eigenvalue weighted by atomic mass is 79.9. The lowest BCUT2D eigenvalue weighted by Crippen LogP contribution is -2.45. The molecule has 0 aliphatic carbocycles. The molecule has 1 fully saturated rings. The number of aromatic hydroxyl groups is 1. The minimum atomic E-state index is 0.305. The van der Waals surface area contributed by atoms with E-state index in [0.717, 1.165) is 42.6 Å². The van der Waals surface area contributed by atoms with Gasteiger partial charge in [-0.05, 0) is 30.5 Å². The highest BCUT2D eigenvalue weighted by Gasteiger charge is 2.25. The lowest BCUT2D eigenvalue weighted by atomic mass is 9.94. The Bertz CT molecular complexity index is 417. The fraction of sp³-hybridized carbons (Fsp3) is 0.600. The molecule has 0 saturated carbocycles. The van der Waals surface area contributed by atoms with Gasteiger partial charge >= 0.3 is 0 Å². The third-order valence-corrected chi connectivity index (χ3v) is 4.13.